The van der Waals surface area contributed by atoms with Gasteiger partial charge in [0.15, 0.2) is 0 Å². The number of anilines is 1. The first-order valence-corrected chi connectivity index (χ1v) is 7.44. The van der Waals surface area contributed by atoms with Crippen LogP contribution in [0.3, 0.4) is 0 Å². The number of fused-ring (bicyclic) bond motifs is 1. The molecule has 112 valence electrons. The lowest BCUT2D eigenvalue weighted by atomic mass is 10.1. The van der Waals surface area contributed by atoms with E-state index in [1.807, 2.05) is 0 Å². The fraction of sp³-hybridized carbons (Fsp3) is 0.500. The van der Waals surface area contributed by atoms with Crippen molar-refractivity contribution < 1.29 is 4.74 Å². The van der Waals surface area contributed by atoms with Crippen molar-refractivity contribution >= 4 is 28.3 Å². The van der Waals surface area contributed by atoms with Gasteiger partial charge in [-0.1, -0.05) is 6.92 Å². The van der Waals surface area contributed by atoms with Crippen LogP contribution in [0.5, 0.6) is 5.75 Å². The summed E-state index contributed by atoms with van der Waals surface area (Å²) < 4.78 is 5.42. The van der Waals surface area contributed by atoms with Gasteiger partial charge in [0.2, 0.25) is 5.28 Å². The first-order chi connectivity index (χ1) is 10.2. The Morgan fingerprint density at radius 2 is 2.29 bits per heavy atom. The Morgan fingerprint density at radius 1 is 1.43 bits per heavy atom. The van der Waals surface area contributed by atoms with E-state index >= 15 is 0 Å². The molecule has 2 aromatic rings. The van der Waals surface area contributed by atoms with E-state index in [0.29, 0.717) is 17.3 Å². The van der Waals surface area contributed by atoms with Crippen molar-refractivity contribution in [2.75, 3.05) is 31.6 Å². The van der Waals surface area contributed by atoms with Gasteiger partial charge in [0.25, 0.3) is 0 Å². The summed E-state index contributed by atoms with van der Waals surface area (Å²) in [6.07, 6.45) is 4.45. The number of nitrogens with zero attached hydrogens (tertiary/aromatic N) is 4. The van der Waals surface area contributed by atoms with Crippen molar-refractivity contribution in [3.05, 3.63) is 17.7 Å². The van der Waals surface area contributed by atoms with E-state index in [1.165, 1.54) is 0 Å². The SMILES string of the molecule is CCC1CN(c2nc(Cl)nc3cncc(OC)c23)CCN1. The van der Waals surface area contributed by atoms with Crippen LogP contribution < -0.4 is 15.0 Å². The third-order valence-corrected chi connectivity index (χ3v) is 3.96. The molecular formula is C14H18ClN5O. The first kappa shape index (κ1) is 14.3. The number of hydrogen-bond acceptors (Lipinski definition) is 6. The van der Waals surface area contributed by atoms with E-state index in [4.69, 9.17) is 16.3 Å². The molecule has 0 radical (unpaired) electrons. The van der Waals surface area contributed by atoms with Gasteiger partial charge in [-0.2, -0.15) is 4.98 Å². The van der Waals surface area contributed by atoms with E-state index in [0.717, 1.165) is 37.3 Å². The van der Waals surface area contributed by atoms with Crippen LogP contribution in [0.25, 0.3) is 10.9 Å². The monoisotopic (exact) mass is 307 g/mol. The number of pyridine rings is 1. The first-order valence-electron chi connectivity index (χ1n) is 7.06. The zero-order chi connectivity index (χ0) is 14.8. The maximum atomic E-state index is 6.08. The second-order valence-electron chi connectivity index (χ2n) is 5.06. The van der Waals surface area contributed by atoms with E-state index in [-0.39, 0.29) is 5.28 Å². The molecule has 0 aromatic carbocycles. The Bertz CT molecular complexity index is 651. The number of aromatic nitrogens is 3. The summed E-state index contributed by atoms with van der Waals surface area (Å²) in [6.45, 7) is 4.88. The lowest BCUT2D eigenvalue weighted by Crippen LogP contribution is -2.50. The quantitative estimate of drug-likeness (QED) is 0.874. The Balaban J connectivity index is 2.12. The molecule has 1 unspecified atom stereocenters. The Labute approximate surface area is 128 Å². The summed E-state index contributed by atoms with van der Waals surface area (Å²) in [5.41, 5.74) is 0.705. The second-order valence-corrected chi connectivity index (χ2v) is 5.40. The van der Waals surface area contributed by atoms with Crippen molar-refractivity contribution in [1.29, 1.82) is 0 Å². The van der Waals surface area contributed by atoms with E-state index in [2.05, 4.69) is 32.1 Å². The number of methoxy groups -OCH3 is 1. The van der Waals surface area contributed by atoms with E-state index < -0.39 is 0 Å². The largest absolute Gasteiger partial charge is 0.494 e. The lowest BCUT2D eigenvalue weighted by molar-refractivity contribution is 0.417. The molecule has 1 N–H and O–H groups in total. The van der Waals surface area contributed by atoms with Gasteiger partial charge in [-0.15, -0.1) is 0 Å². The molecule has 1 atom stereocenters. The maximum absolute atomic E-state index is 6.08. The van der Waals surface area contributed by atoms with Crippen LogP contribution in [0.2, 0.25) is 5.28 Å². The summed E-state index contributed by atoms with van der Waals surface area (Å²) in [5, 5.41) is 4.60. The average molecular weight is 308 g/mol. The van der Waals surface area contributed by atoms with Gasteiger partial charge < -0.3 is 15.0 Å². The van der Waals surface area contributed by atoms with E-state index in [1.54, 1.807) is 19.5 Å². The molecular weight excluding hydrogens is 290 g/mol. The molecule has 0 spiro atoms. The highest BCUT2D eigenvalue weighted by Crippen LogP contribution is 2.32. The standard InChI is InChI=1S/C14H18ClN5O/c1-3-9-8-20(5-4-17-9)13-12-10(18-14(15)19-13)6-16-7-11(12)21-2/h6-7,9,17H,3-5,8H2,1-2H3. The van der Waals surface area contributed by atoms with Gasteiger partial charge in [-0.25, -0.2) is 4.98 Å². The summed E-state index contributed by atoms with van der Waals surface area (Å²) in [7, 11) is 1.63. The fourth-order valence-corrected chi connectivity index (χ4v) is 2.85. The molecule has 1 aliphatic rings. The van der Waals surface area contributed by atoms with Gasteiger partial charge in [0.1, 0.15) is 11.6 Å². The number of ether oxygens (including phenoxy) is 1. The predicted molar refractivity (Wildman–Crippen MR) is 83.2 cm³/mol. The molecule has 0 amide bonds. The number of piperazine rings is 1. The number of rotatable bonds is 3. The zero-order valence-electron chi connectivity index (χ0n) is 12.1. The van der Waals surface area contributed by atoms with Crippen LogP contribution in [0, 0.1) is 0 Å². The molecule has 1 fully saturated rings. The van der Waals surface area contributed by atoms with Crippen LogP contribution >= 0.6 is 11.6 Å². The highest BCUT2D eigenvalue weighted by molar-refractivity contribution is 6.28. The van der Waals surface area contributed by atoms with Crippen molar-refractivity contribution in [1.82, 2.24) is 20.3 Å². The van der Waals surface area contributed by atoms with Crippen LogP contribution in [0.1, 0.15) is 13.3 Å². The number of hydrogen-bond donors (Lipinski definition) is 1. The minimum atomic E-state index is 0.235. The fourth-order valence-electron chi connectivity index (χ4n) is 2.68. The highest BCUT2D eigenvalue weighted by Gasteiger charge is 2.23. The van der Waals surface area contributed by atoms with Crippen LogP contribution in [0.15, 0.2) is 12.4 Å². The van der Waals surface area contributed by atoms with Gasteiger partial charge >= 0.3 is 0 Å². The molecule has 2 aromatic heterocycles. The smallest absolute Gasteiger partial charge is 0.224 e. The summed E-state index contributed by atoms with van der Waals surface area (Å²) in [6, 6.07) is 0.454. The number of halogens is 1. The molecule has 0 saturated carbocycles. The topological polar surface area (TPSA) is 63.2 Å². The second kappa shape index (κ2) is 5.99. The van der Waals surface area contributed by atoms with Gasteiger partial charge in [-0.3, -0.25) is 4.98 Å². The van der Waals surface area contributed by atoms with E-state index in [9.17, 15) is 0 Å². The molecule has 3 heterocycles. The molecule has 0 bridgehead atoms. The van der Waals surface area contributed by atoms with Gasteiger partial charge in [0, 0.05) is 25.7 Å². The molecule has 1 aliphatic heterocycles. The highest BCUT2D eigenvalue weighted by atomic mass is 35.5. The van der Waals surface area contributed by atoms with Crippen molar-refractivity contribution in [2.45, 2.75) is 19.4 Å². The van der Waals surface area contributed by atoms with Crippen molar-refractivity contribution in [3.8, 4) is 5.75 Å². The van der Waals surface area contributed by atoms with Gasteiger partial charge in [0.05, 0.1) is 30.4 Å². The normalized spacial score (nSPS) is 19.0. The molecule has 3 rings (SSSR count). The van der Waals surface area contributed by atoms with Crippen molar-refractivity contribution in [2.24, 2.45) is 0 Å². The van der Waals surface area contributed by atoms with Crippen LogP contribution in [0.4, 0.5) is 5.82 Å². The van der Waals surface area contributed by atoms with Crippen molar-refractivity contribution in [3.63, 3.8) is 0 Å². The Kier molecular flexibility index (Phi) is 4.07. The third-order valence-electron chi connectivity index (χ3n) is 3.79. The summed E-state index contributed by atoms with van der Waals surface area (Å²) >= 11 is 6.08. The Hall–Kier alpha value is -1.66. The van der Waals surface area contributed by atoms with Crippen LogP contribution in [-0.4, -0.2) is 47.7 Å². The third kappa shape index (κ3) is 2.73. The molecule has 6 nitrogen and oxygen atoms in total. The minimum Gasteiger partial charge on any atom is -0.494 e. The molecule has 1 saturated heterocycles. The van der Waals surface area contributed by atoms with Crippen LogP contribution in [-0.2, 0) is 0 Å². The zero-order valence-corrected chi connectivity index (χ0v) is 12.9. The lowest BCUT2D eigenvalue weighted by Gasteiger charge is -2.34. The average Bonchev–Trinajstić information content (AvgIpc) is 2.53. The summed E-state index contributed by atoms with van der Waals surface area (Å²) in [5.74, 6) is 1.50. The Morgan fingerprint density at radius 3 is 3.05 bits per heavy atom. The maximum Gasteiger partial charge on any atom is 0.224 e. The van der Waals surface area contributed by atoms with Gasteiger partial charge in [-0.05, 0) is 18.0 Å². The molecule has 7 heteroatoms. The summed E-state index contributed by atoms with van der Waals surface area (Å²) in [4.78, 5) is 15.1. The number of nitrogens with one attached hydrogen (secondary N) is 1. The molecule has 21 heavy (non-hydrogen) atoms. The molecule has 0 aliphatic carbocycles. The minimum absolute atomic E-state index is 0.235. The predicted octanol–water partition coefficient (Wildman–Crippen LogP) is 1.87.